The number of hydrogen-bond acceptors (Lipinski definition) is 5. The maximum Gasteiger partial charge on any atom is 0.333 e. The minimum absolute atomic E-state index is 0.0260. The van der Waals surface area contributed by atoms with Crippen LogP contribution in [0, 0.1) is 10.1 Å². The lowest BCUT2D eigenvalue weighted by Gasteiger charge is -2.09. The normalized spacial score (nSPS) is 10.3. The van der Waals surface area contributed by atoms with Crippen molar-refractivity contribution in [2.75, 3.05) is 32.2 Å². The van der Waals surface area contributed by atoms with Crippen LogP contribution >= 0.6 is 0 Å². The van der Waals surface area contributed by atoms with E-state index < -0.39 is 4.92 Å². The van der Waals surface area contributed by atoms with Crippen molar-refractivity contribution in [3.63, 3.8) is 0 Å². The molecule has 20 heavy (non-hydrogen) atoms. The van der Waals surface area contributed by atoms with Crippen molar-refractivity contribution >= 4 is 11.4 Å². The molecule has 0 saturated heterocycles. The van der Waals surface area contributed by atoms with Crippen LogP contribution in [0.5, 0.6) is 5.75 Å². The van der Waals surface area contributed by atoms with Crippen molar-refractivity contribution < 1.29 is 14.4 Å². The van der Waals surface area contributed by atoms with Gasteiger partial charge in [0.1, 0.15) is 5.69 Å². The first kappa shape index (κ1) is 16.2. The fourth-order valence-electron chi connectivity index (χ4n) is 1.76. The van der Waals surface area contributed by atoms with Crippen LogP contribution in [0.3, 0.4) is 0 Å². The Kier molecular flexibility index (Phi) is 7.42. The van der Waals surface area contributed by atoms with Crippen LogP contribution in [0.15, 0.2) is 18.2 Å². The topological polar surface area (TPSA) is 73.6 Å². The molecule has 6 heteroatoms. The average Bonchev–Trinajstić information content (AvgIpc) is 2.45. The molecule has 0 aliphatic carbocycles. The number of methoxy groups -OCH3 is 1. The molecular formula is C14H22N2O4. The lowest BCUT2D eigenvalue weighted by atomic mass is 10.2. The van der Waals surface area contributed by atoms with Gasteiger partial charge in [-0.2, -0.15) is 0 Å². The summed E-state index contributed by atoms with van der Waals surface area (Å²) in [5.41, 5.74) is 0.449. The molecule has 0 aliphatic heterocycles. The Hall–Kier alpha value is -1.82. The Morgan fingerprint density at radius 2 is 2.05 bits per heavy atom. The van der Waals surface area contributed by atoms with Crippen LogP contribution in [0.1, 0.15) is 26.2 Å². The number of para-hydroxylation sites is 1. The Morgan fingerprint density at radius 1 is 1.30 bits per heavy atom. The van der Waals surface area contributed by atoms with Crippen molar-refractivity contribution in [2.24, 2.45) is 0 Å². The average molecular weight is 282 g/mol. The number of nitrogens with one attached hydrogen (secondary N) is 1. The quantitative estimate of drug-likeness (QED) is 0.405. The second-order valence-corrected chi connectivity index (χ2v) is 4.36. The summed E-state index contributed by atoms with van der Waals surface area (Å²) in [4.78, 5) is 10.6. The van der Waals surface area contributed by atoms with E-state index in [-0.39, 0.29) is 11.4 Å². The van der Waals surface area contributed by atoms with E-state index in [1.807, 2.05) is 0 Å². The molecule has 0 unspecified atom stereocenters. The van der Waals surface area contributed by atoms with E-state index in [1.54, 1.807) is 18.2 Å². The smallest absolute Gasteiger partial charge is 0.333 e. The van der Waals surface area contributed by atoms with Gasteiger partial charge >= 0.3 is 5.69 Å². The number of hydrogen-bond donors (Lipinski definition) is 1. The third-order valence-corrected chi connectivity index (χ3v) is 2.82. The summed E-state index contributed by atoms with van der Waals surface area (Å²) in [6.07, 6.45) is 2.99. The second-order valence-electron chi connectivity index (χ2n) is 4.36. The SMILES string of the molecule is CCCCOCCCNc1cccc(OC)c1[N+](=O)[O-]. The van der Waals surface area contributed by atoms with E-state index in [2.05, 4.69) is 12.2 Å². The van der Waals surface area contributed by atoms with E-state index in [4.69, 9.17) is 9.47 Å². The highest BCUT2D eigenvalue weighted by atomic mass is 16.6. The number of unbranched alkanes of at least 4 members (excludes halogenated alkanes) is 1. The van der Waals surface area contributed by atoms with Gasteiger partial charge in [-0.25, -0.2) is 0 Å². The highest BCUT2D eigenvalue weighted by Gasteiger charge is 2.19. The van der Waals surface area contributed by atoms with Crippen molar-refractivity contribution in [1.82, 2.24) is 0 Å². The van der Waals surface area contributed by atoms with Crippen LogP contribution in [0.25, 0.3) is 0 Å². The zero-order chi connectivity index (χ0) is 14.8. The molecule has 1 aromatic carbocycles. The molecule has 6 nitrogen and oxygen atoms in total. The zero-order valence-corrected chi connectivity index (χ0v) is 12.1. The Labute approximate surface area is 119 Å². The van der Waals surface area contributed by atoms with Gasteiger partial charge in [-0.1, -0.05) is 19.4 Å². The first-order valence-corrected chi connectivity index (χ1v) is 6.83. The number of rotatable bonds is 10. The summed E-state index contributed by atoms with van der Waals surface area (Å²) in [7, 11) is 1.42. The standard InChI is InChI=1S/C14H22N2O4/c1-3-4-10-20-11-6-9-15-12-7-5-8-13(19-2)14(12)16(17)18/h5,7-8,15H,3-4,6,9-11H2,1-2H3. The zero-order valence-electron chi connectivity index (χ0n) is 12.1. The number of nitro benzene ring substituents is 1. The Morgan fingerprint density at radius 3 is 2.70 bits per heavy atom. The molecule has 1 rings (SSSR count). The molecule has 0 fully saturated rings. The first-order chi connectivity index (χ1) is 9.70. The minimum atomic E-state index is -0.432. The molecule has 0 radical (unpaired) electrons. The third kappa shape index (κ3) is 5.05. The number of nitrogens with zero attached hydrogens (tertiary/aromatic N) is 1. The number of nitro groups is 1. The van der Waals surface area contributed by atoms with E-state index in [0.29, 0.717) is 18.8 Å². The molecule has 0 aliphatic rings. The second kappa shape index (κ2) is 9.14. The molecule has 0 amide bonds. The molecule has 0 saturated carbocycles. The number of benzene rings is 1. The lowest BCUT2D eigenvalue weighted by Crippen LogP contribution is -2.08. The molecule has 0 atom stereocenters. The van der Waals surface area contributed by atoms with Crippen LogP contribution < -0.4 is 10.1 Å². The number of ether oxygens (including phenoxy) is 2. The van der Waals surface area contributed by atoms with Gasteiger partial charge < -0.3 is 14.8 Å². The minimum Gasteiger partial charge on any atom is -0.490 e. The van der Waals surface area contributed by atoms with Crippen molar-refractivity contribution in [2.45, 2.75) is 26.2 Å². The number of anilines is 1. The molecule has 0 bridgehead atoms. The summed E-state index contributed by atoms with van der Waals surface area (Å²) < 4.78 is 10.4. The maximum atomic E-state index is 11.1. The van der Waals surface area contributed by atoms with Gasteiger partial charge in [-0.15, -0.1) is 0 Å². The van der Waals surface area contributed by atoms with Crippen molar-refractivity contribution in [3.05, 3.63) is 28.3 Å². The molecule has 0 aromatic heterocycles. The van der Waals surface area contributed by atoms with Crippen LogP contribution in [-0.4, -0.2) is 31.8 Å². The summed E-state index contributed by atoms with van der Waals surface area (Å²) in [6, 6.07) is 4.99. The fourth-order valence-corrected chi connectivity index (χ4v) is 1.76. The maximum absolute atomic E-state index is 11.1. The van der Waals surface area contributed by atoms with Crippen molar-refractivity contribution in [3.8, 4) is 5.75 Å². The predicted octanol–water partition coefficient (Wildman–Crippen LogP) is 3.22. The highest BCUT2D eigenvalue weighted by Crippen LogP contribution is 2.34. The highest BCUT2D eigenvalue weighted by molar-refractivity contribution is 5.68. The first-order valence-electron chi connectivity index (χ1n) is 6.83. The Bertz CT molecular complexity index is 424. The summed E-state index contributed by atoms with van der Waals surface area (Å²) in [5.74, 6) is 0.263. The van der Waals surface area contributed by atoms with Crippen LogP contribution in [0.4, 0.5) is 11.4 Å². The van der Waals surface area contributed by atoms with E-state index in [1.165, 1.54) is 7.11 Å². The van der Waals surface area contributed by atoms with Crippen LogP contribution in [0.2, 0.25) is 0 Å². The molecule has 1 aromatic rings. The molecule has 0 spiro atoms. The predicted molar refractivity (Wildman–Crippen MR) is 78.5 cm³/mol. The molecule has 0 heterocycles. The van der Waals surface area contributed by atoms with Gasteiger partial charge in [0.2, 0.25) is 0 Å². The van der Waals surface area contributed by atoms with Gasteiger partial charge in [0.15, 0.2) is 5.75 Å². The summed E-state index contributed by atoms with van der Waals surface area (Å²) in [5, 5.41) is 14.1. The monoisotopic (exact) mass is 282 g/mol. The molecular weight excluding hydrogens is 260 g/mol. The fraction of sp³-hybridized carbons (Fsp3) is 0.571. The van der Waals surface area contributed by atoms with Gasteiger partial charge in [-0.05, 0) is 25.0 Å². The van der Waals surface area contributed by atoms with E-state index in [9.17, 15) is 10.1 Å². The Balaban J connectivity index is 2.45. The summed E-state index contributed by atoms with van der Waals surface area (Å²) >= 11 is 0. The van der Waals surface area contributed by atoms with Crippen molar-refractivity contribution in [1.29, 1.82) is 0 Å². The van der Waals surface area contributed by atoms with Gasteiger partial charge in [0.05, 0.1) is 12.0 Å². The van der Waals surface area contributed by atoms with Crippen LogP contribution in [-0.2, 0) is 4.74 Å². The van der Waals surface area contributed by atoms with E-state index >= 15 is 0 Å². The van der Waals surface area contributed by atoms with Gasteiger partial charge in [-0.3, -0.25) is 10.1 Å². The molecule has 1 N–H and O–H groups in total. The molecule has 112 valence electrons. The lowest BCUT2D eigenvalue weighted by molar-refractivity contribution is -0.384. The third-order valence-electron chi connectivity index (χ3n) is 2.82. The summed E-state index contributed by atoms with van der Waals surface area (Å²) in [6.45, 7) is 4.17. The van der Waals surface area contributed by atoms with Gasteiger partial charge in [0.25, 0.3) is 0 Å². The van der Waals surface area contributed by atoms with Gasteiger partial charge in [0, 0.05) is 19.8 Å². The largest absolute Gasteiger partial charge is 0.490 e. The van der Waals surface area contributed by atoms with E-state index in [0.717, 1.165) is 25.9 Å².